The largest absolute Gasteiger partial charge is 0.457 e. The molecule has 2 N–H and O–H groups in total. The standard InChI is InChI=1S/C14H15N3O7/c1-8(18)15-11-6-16(12(11)19)13(20)14(21)24-7-9-2-4-10(5-3-9)17(22)23/h2-5,11,13,20H,6-7H2,1H3,(H,15,18)/t11-,13?/m0/s1. The fourth-order valence-electron chi connectivity index (χ4n) is 2.10. The highest BCUT2D eigenvalue weighted by Gasteiger charge is 2.43. The number of aliphatic hydroxyl groups is 1. The van der Waals surface area contributed by atoms with Gasteiger partial charge in [-0.05, 0) is 17.7 Å². The second kappa shape index (κ2) is 7.04. The zero-order valence-electron chi connectivity index (χ0n) is 12.7. The van der Waals surface area contributed by atoms with E-state index in [-0.39, 0.29) is 24.7 Å². The molecule has 10 nitrogen and oxygen atoms in total. The van der Waals surface area contributed by atoms with E-state index in [1.165, 1.54) is 31.2 Å². The van der Waals surface area contributed by atoms with Crippen molar-refractivity contribution < 1.29 is 29.2 Å². The van der Waals surface area contributed by atoms with Gasteiger partial charge in [-0.15, -0.1) is 0 Å². The summed E-state index contributed by atoms with van der Waals surface area (Å²) in [7, 11) is 0. The van der Waals surface area contributed by atoms with Crippen LogP contribution in [0.5, 0.6) is 0 Å². The molecule has 0 saturated carbocycles. The quantitative estimate of drug-likeness (QED) is 0.303. The van der Waals surface area contributed by atoms with Crippen LogP contribution in [0.15, 0.2) is 24.3 Å². The van der Waals surface area contributed by atoms with Crippen LogP contribution >= 0.6 is 0 Å². The van der Waals surface area contributed by atoms with E-state index in [9.17, 15) is 29.6 Å². The van der Waals surface area contributed by atoms with E-state index in [0.29, 0.717) is 5.56 Å². The summed E-state index contributed by atoms with van der Waals surface area (Å²) in [6.45, 7) is 1.06. The molecule has 0 radical (unpaired) electrons. The second-order valence-corrected chi connectivity index (χ2v) is 5.15. The molecule has 1 aromatic rings. The van der Waals surface area contributed by atoms with Gasteiger partial charge in [-0.25, -0.2) is 4.79 Å². The number of esters is 1. The maximum absolute atomic E-state index is 11.7. The summed E-state index contributed by atoms with van der Waals surface area (Å²) < 4.78 is 4.87. The number of amides is 2. The number of non-ortho nitro benzene ring substituents is 1. The van der Waals surface area contributed by atoms with Crippen molar-refractivity contribution in [3.05, 3.63) is 39.9 Å². The van der Waals surface area contributed by atoms with Crippen LogP contribution in [0.4, 0.5) is 5.69 Å². The predicted molar refractivity (Wildman–Crippen MR) is 78.2 cm³/mol. The molecule has 2 amide bonds. The van der Waals surface area contributed by atoms with Gasteiger partial charge in [0.05, 0.1) is 11.5 Å². The Kier molecular flexibility index (Phi) is 5.09. The topological polar surface area (TPSA) is 139 Å². The van der Waals surface area contributed by atoms with Gasteiger partial charge < -0.3 is 20.1 Å². The van der Waals surface area contributed by atoms with Crippen LogP contribution in [0, 0.1) is 10.1 Å². The molecule has 0 aromatic heterocycles. The normalized spacial score (nSPS) is 17.7. The van der Waals surface area contributed by atoms with E-state index in [4.69, 9.17) is 4.74 Å². The van der Waals surface area contributed by atoms with Crippen LogP contribution in [-0.2, 0) is 25.7 Å². The van der Waals surface area contributed by atoms with Crippen molar-refractivity contribution in [3.8, 4) is 0 Å². The first-order chi connectivity index (χ1) is 11.3. The van der Waals surface area contributed by atoms with Crippen LogP contribution in [-0.4, -0.2) is 51.5 Å². The molecule has 24 heavy (non-hydrogen) atoms. The number of aliphatic hydroxyl groups excluding tert-OH is 1. The van der Waals surface area contributed by atoms with E-state index in [1.54, 1.807) is 0 Å². The van der Waals surface area contributed by atoms with Crippen molar-refractivity contribution in [3.63, 3.8) is 0 Å². The molecule has 128 valence electrons. The van der Waals surface area contributed by atoms with Crippen molar-refractivity contribution in [2.75, 3.05) is 6.54 Å². The zero-order valence-corrected chi connectivity index (χ0v) is 12.7. The molecule has 0 spiro atoms. The number of hydrogen-bond donors (Lipinski definition) is 2. The fraction of sp³-hybridized carbons (Fsp3) is 0.357. The molecule has 10 heteroatoms. The molecule has 0 bridgehead atoms. The zero-order chi connectivity index (χ0) is 17.9. The molecule has 1 saturated heterocycles. The average molecular weight is 337 g/mol. The number of likely N-dealkylation sites (tertiary alicyclic amines) is 1. The van der Waals surface area contributed by atoms with Gasteiger partial charge in [0.25, 0.3) is 5.69 Å². The molecular weight excluding hydrogens is 322 g/mol. The Morgan fingerprint density at radius 3 is 2.58 bits per heavy atom. The Hall–Kier alpha value is -3.01. The number of hydrogen-bond acceptors (Lipinski definition) is 7. The molecule has 1 fully saturated rings. The number of carbonyl (C=O) groups is 3. The van der Waals surface area contributed by atoms with Gasteiger partial charge in [0.1, 0.15) is 12.6 Å². The first-order valence-electron chi connectivity index (χ1n) is 6.95. The minimum Gasteiger partial charge on any atom is -0.457 e. The Balaban J connectivity index is 1.83. The van der Waals surface area contributed by atoms with Crippen LogP contribution in [0.25, 0.3) is 0 Å². The number of carbonyl (C=O) groups excluding carboxylic acids is 3. The van der Waals surface area contributed by atoms with E-state index in [2.05, 4.69) is 5.32 Å². The average Bonchev–Trinajstić information content (AvgIpc) is 2.55. The molecule has 1 aromatic carbocycles. The maximum Gasteiger partial charge on any atom is 0.356 e. The van der Waals surface area contributed by atoms with Gasteiger partial charge in [0.15, 0.2) is 0 Å². The number of benzene rings is 1. The summed E-state index contributed by atoms with van der Waals surface area (Å²) in [5.74, 6) is -1.99. The summed E-state index contributed by atoms with van der Waals surface area (Å²) in [5, 5.41) is 22.7. The van der Waals surface area contributed by atoms with Crippen molar-refractivity contribution in [1.29, 1.82) is 0 Å². The Bertz CT molecular complexity index is 673. The number of rotatable bonds is 6. The van der Waals surface area contributed by atoms with Crippen LogP contribution < -0.4 is 5.32 Å². The fourth-order valence-corrected chi connectivity index (χ4v) is 2.10. The lowest BCUT2D eigenvalue weighted by atomic mass is 10.1. The Labute approximate surface area is 136 Å². The van der Waals surface area contributed by atoms with Gasteiger partial charge >= 0.3 is 5.97 Å². The molecule has 1 unspecified atom stereocenters. The lowest BCUT2D eigenvalue weighted by Gasteiger charge is -2.40. The second-order valence-electron chi connectivity index (χ2n) is 5.15. The molecule has 1 aliphatic heterocycles. The number of nitro groups is 1. The van der Waals surface area contributed by atoms with Gasteiger partial charge in [-0.1, -0.05) is 0 Å². The highest BCUT2D eigenvalue weighted by atomic mass is 16.6. The van der Waals surface area contributed by atoms with Gasteiger partial charge in [0.2, 0.25) is 18.0 Å². The smallest absolute Gasteiger partial charge is 0.356 e. The van der Waals surface area contributed by atoms with Crippen molar-refractivity contribution in [2.45, 2.75) is 25.8 Å². The molecular formula is C14H15N3O7. The number of nitrogens with zero attached hydrogens (tertiary/aromatic N) is 2. The lowest BCUT2D eigenvalue weighted by Crippen LogP contribution is -2.67. The molecule has 2 atom stereocenters. The minimum atomic E-state index is -1.76. The summed E-state index contributed by atoms with van der Waals surface area (Å²) in [5.41, 5.74) is 0.396. The van der Waals surface area contributed by atoms with E-state index < -0.39 is 29.1 Å². The van der Waals surface area contributed by atoms with E-state index >= 15 is 0 Å². The van der Waals surface area contributed by atoms with E-state index in [1.807, 2.05) is 0 Å². The number of β-lactam (4-membered cyclic amide) rings is 1. The summed E-state index contributed by atoms with van der Waals surface area (Å²) >= 11 is 0. The molecule has 1 aliphatic rings. The van der Waals surface area contributed by atoms with Crippen molar-refractivity contribution in [1.82, 2.24) is 10.2 Å². The highest BCUT2D eigenvalue weighted by Crippen LogP contribution is 2.16. The highest BCUT2D eigenvalue weighted by molar-refractivity contribution is 5.94. The molecule has 2 rings (SSSR count). The van der Waals surface area contributed by atoms with Crippen LogP contribution in [0.2, 0.25) is 0 Å². The minimum absolute atomic E-state index is 0.00616. The third-order valence-electron chi connectivity index (χ3n) is 3.37. The monoisotopic (exact) mass is 337 g/mol. The Morgan fingerprint density at radius 1 is 1.46 bits per heavy atom. The summed E-state index contributed by atoms with van der Waals surface area (Å²) in [6.07, 6.45) is -1.76. The first-order valence-corrected chi connectivity index (χ1v) is 6.95. The maximum atomic E-state index is 11.7. The number of nitro benzene ring substituents is 1. The summed E-state index contributed by atoms with van der Waals surface area (Å²) in [4.78, 5) is 45.1. The third kappa shape index (κ3) is 3.84. The van der Waals surface area contributed by atoms with E-state index in [0.717, 1.165) is 4.90 Å². The van der Waals surface area contributed by atoms with Gasteiger partial charge in [-0.2, -0.15) is 0 Å². The van der Waals surface area contributed by atoms with Gasteiger partial charge in [0, 0.05) is 19.1 Å². The number of nitrogens with one attached hydrogen (secondary N) is 1. The van der Waals surface area contributed by atoms with Crippen LogP contribution in [0.1, 0.15) is 12.5 Å². The SMILES string of the molecule is CC(=O)N[C@H]1CN(C(O)C(=O)OCc2ccc([N+](=O)[O-])cc2)C1=O. The Morgan fingerprint density at radius 2 is 2.08 bits per heavy atom. The molecule has 0 aliphatic carbocycles. The summed E-state index contributed by atoms with van der Waals surface area (Å²) in [6, 6.07) is 4.60. The molecule has 1 heterocycles. The number of ether oxygens (including phenoxy) is 1. The van der Waals surface area contributed by atoms with Gasteiger partial charge in [-0.3, -0.25) is 19.7 Å². The predicted octanol–water partition coefficient (Wildman–Crippen LogP) is -0.697. The van der Waals surface area contributed by atoms with Crippen LogP contribution in [0.3, 0.4) is 0 Å². The lowest BCUT2D eigenvalue weighted by molar-refractivity contribution is -0.384. The van der Waals surface area contributed by atoms with Crippen molar-refractivity contribution >= 4 is 23.5 Å². The first kappa shape index (κ1) is 17.3. The van der Waals surface area contributed by atoms with Crippen molar-refractivity contribution in [2.24, 2.45) is 0 Å². The third-order valence-corrected chi connectivity index (χ3v) is 3.37.